The number of aromatic nitrogens is 3. The van der Waals surface area contributed by atoms with Crippen molar-refractivity contribution in [1.82, 2.24) is 24.6 Å². The number of benzene rings is 1. The van der Waals surface area contributed by atoms with Gasteiger partial charge in [0.25, 0.3) is 5.91 Å². The number of likely N-dealkylation sites (N-methyl/N-ethyl adjacent to an activating group) is 1. The van der Waals surface area contributed by atoms with E-state index in [2.05, 4.69) is 27.6 Å². The van der Waals surface area contributed by atoms with Gasteiger partial charge in [0, 0.05) is 31.5 Å². The molecule has 0 spiro atoms. The van der Waals surface area contributed by atoms with Crippen molar-refractivity contribution in [2.24, 2.45) is 0 Å². The first kappa shape index (κ1) is 23.6. The summed E-state index contributed by atoms with van der Waals surface area (Å²) < 4.78 is 2.94. The van der Waals surface area contributed by atoms with E-state index in [9.17, 15) is 9.59 Å². The second-order valence-corrected chi connectivity index (χ2v) is 10.6. The van der Waals surface area contributed by atoms with Crippen LogP contribution in [-0.2, 0) is 6.54 Å². The molecule has 0 bridgehead atoms. The number of thiazole rings is 1. The largest absolute Gasteiger partial charge is 0.368 e. The smallest absolute Gasteiger partial charge is 0.258 e. The van der Waals surface area contributed by atoms with Crippen LogP contribution in [0.1, 0.15) is 35.2 Å². The van der Waals surface area contributed by atoms with Gasteiger partial charge in [-0.2, -0.15) is 0 Å². The highest BCUT2D eigenvalue weighted by Crippen LogP contribution is 2.31. The normalized spacial score (nSPS) is 16.4. The number of piperidine rings is 1. The van der Waals surface area contributed by atoms with Gasteiger partial charge in [-0.1, -0.05) is 24.6 Å². The second-order valence-electron chi connectivity index (χ2n) is 9.54. The molecule has 1 aromatic carbocycles. The van der Waals surface area contributed by atoms with Gasteiger partial charge in [0.1, 0.15) is 16.2 Å². The molecule has 1 unspecified atom stereocenters. The highest BCUT2D eigenvalue weighted by atomic mass is 32.1. The first-order chi connectivity index (χ1) is 18.1. The van der Waals surface area contributed by atoms with Crippen LogP contribution in [0.4, 0.5) is 5.82 Å². The number of pyridine rings is 3. The summed E-state index contributed by atoms with van der Waals surface area (Å²) in [6.07, 6.45) is 7.03. The van der Waals surface area contributed by atoms with E-state index in [4.69, 9.17) is 4.98 Å². The standard InChI is InChI=1S/C28H28N6O2S/c1-33-14-5-4-8-19(33)17-30-23-12-11-20-25(35)24(27(36)31-16-18-7-6-13-29-15-18)28-34(26(20)32-23)21-9-2-3-10-22(21)37-28/h2-3,6-7,9-13,15,19H,4-5,8,14,16-17H2,1H3,(H,30,32)(H,31,36). The lowest BCUT2D eigenvalue weighted by Crippen LogP contribution is -2.40. The van der Waals surface area contributed by atoms with Crippen molar-refractivity contribution in [2.45, 2.75) is 31.8 Å². The monoisotopic (exact) mass is 512 g/mol. The summed E-state index contributed by atoms with van der Waals surface area (Å²) in [4.78, 5) is 39.0. The number of fused-ring (bicyclic) bond motifs is 5. The Morgan fingerprint density at radius 2 is 2.03 bits per heavy atom. The molecule has 1 saturated heterocycles. The van der Waals surface area contributed by atoms with Crippen LogP contribution in [0.25, 0.3) is 26.1 Å². The Bertz CT molecular complexity index is 1660. The molecule has 5 heterocycles. The SMILES string of the molecule is CN1CCCCC1CNc1ccc2c(=O)c(C(=O)NCc3cccnc3)c3sc4ccccc4n3c2n1. The third kappa shape index (κ3) is 4.45. The summed E-state index contributed by atoms with van der Waals surface area (Å²) in [6.45, 7) is 2.20. The number of carbonyl (C=O) groups excluding carboxylic acids is 1. The number of para-hydroxylation sites is 1. The molecular weight excluding hydrogens is 484 g/mol. The van der Waals surface area contributed by atoms with Crippen molar-refractivity contribution in [2.75, 3.05) is 25.5 Å². The van der Waals surface area contributed by atoms with Crippen molar-refractivity contribution >= 4 is 49.1 Å². The predicted octanol–water partition coefficient (Wildman–Crippen LogP) is 4.28. The lowest BCUT2D eigenvalue weighted by atomic mass is 10.0. The van der Waals surface area contributed by atoms with E-state index >= 15 is 0 Å². The molecule has 6 rings (SSSR count). The Morgan fingerprint density at radius 1 is 1.14 bits per heavy atom. The summed E-state index contributed by atoms with van der Waals surface area (Å²) >= 11 is 1.43. The summed E-state index contributed by atoms with van der Waals surface area (Å²) in [5.41, 5.74) is 2.18. The minimum atomic E-state index is -0.401. The molecule has 188 valence electrons. The number of likely N-dealkylation sites (tertiary alicyclic amines) is 1. The molecule has 1 aliphatic heterocycles. The molecule has 0 radical (unpaired) electrons. The maximum Gasteiger partial charge on any atom is 0.258 e. The van der Waals surface area contributed by atoms with Crippen LogP contribution in [0.15, 0.2) is 65.7 Å². The zero-order valence-electron chi connectivity index (χ0n) is 20.6. The molecule has 0 saturated carbocycles. The number of carbonyl (C=O) groups is 1. The molecule has 1 aliphatic rings. The van der Waals surface area contributed by atoms with E-state index in [1.807, 2.05) is 46.9 Å². The first-order valence-electron chi connectivity index (χ1n) is 12.6. The summed E-state index contributed by atoms with van der Waals surface area (Å²) in [7, 11) is 2.17. The summed E-state index contributed by atoms with van der Waals surface area (Å²) in [5.74, 6) is 0.325. The molecule has 37 heavy (non-hydrogen) atoms. The van der Waals surface area contributed by atoms with E-state index in [0.717, 1.165) is 41.1 Å². The number of hydrogen-bond donors (Lipinski definition) is 2. The van der Waals surface area contributed by atoms with Gasteiger partial charge in [-0.15, -0.1) is 11.3 Å². The number of amides is 1. The second kappa shape index (κ2) is 9.91. The molecule has 4 aromatic heterocycles. The fourth-order valence-electron chi connectivity index (χ4n) is 5.08. The van der Waals surface area contributed by atoms with Crippen LogP contribution >= 0.6 is 11.3 Å². The average Bonchev–Trinajstić information content (AvgIpc) is 3.31. The van der Waals surface area contributed by atoms with Crippen molar-refractivity contribution in [3.05, 3.63) is 82.3 Å². The van der Waals surface area contributed by atoms with Crippen LogP contribution in [-0.4, -0.2) is 51.4 Å². The molecule has 9 heteroatoms. The molecular formula is C28H28N6O2S. The van der Waals surface area contributed by atoms with E-state index in [1.165, 1.54) is 24.2 Å². The highest BCUT2D eigenvalue weighted by molar-refractivity contribution is 7.24. The van der Waals surface area contributed by atoms with Crippen LogP contribution in [0.2, 0.25) is 0 Å². The maximum atomic E-state index is 13.7. The Labute approximate surface area is 218 Å². The number of anilines is 1. The van der Waals surface area contributed by atoms with Crippen molar-refractivity contribution in [3.8, 4) is 0 Å². The summed E-state index contributed by atoms with van der Waals surface area (Å²) in [5, 5.41) is 6.82. The van der Waals surface area contributed by atoms with Gasteiger partial charge in [-0.05, 0) is 62.3 Å². The third-order valence-electron chi connectivity index (χ3n) is 7.13. The van der Waals surface area contributed by atoms with Crippen molar-refractivity contribution < 1.29 is 4.79 Å². The fraction of sp³-hybridized carbons (Fsp3) is 0.286. The van der Waals surface area contributed by atoms with E-state index in [0.29, 0.717) is 21.9 Å². The zero-order chi connectivity index (χ0) is 25.4. The average molecular weight is 513 g/mol. The van der Waals surface area contributed by atoms with E-state index < -0.39 is 5.91 Å². The molecule has 5 aromatic rings. The Kier molecular flexibility index (Phi) is 6.31. The molecule has 1 fully saturated rings. The predicted molar refractivity (Wildman–Crippen MR) is 149 cm³/mol. The molecule has 0 aliphatic carbocycles. The lowest BCUT2D eigenvalue weighted by Gasteiger charge is -2.32. The Balaban J connectivity index is 1.43. The van der Waals surface area contributed by atoms with Crippen LogP contribution in [0, 0.1) is 0 Å². The van der Waals surface area contributed by atoms with Crippen LogP contribution in [0.5, 0.6) is 0 Å². The van der Waals surface area contributed by atoms with E-state index in [1.54, 1.807) is 18.5 Å². The van der Waals surface area contributed by atoms with Crippen molar-refractivity contribution in [3.63, 3.8) is 0 Å². The quantitative estimate of drug-likeness (QED) is 0.353. The Hall–Kier alpha value is -3.82. The number of nitrogens with zero attached hydrogens (tertiary/aromatic N) is 4. The van der Waals surface area contributed by atoms with Gasteiger partial charge in [0.15, 0.2) is 5.65 Å². The van der Waals surface area contributed by atoms with Crippen LogP contribution in [0.3, 0.4) is 0 Å². The van der Waals surface area contributed by atoms with Gasteiger partial charge >= 0.3 is 0 Å². The first-order valence-corrected chi connectivity index (χ1v) is 13.4. The van der Waals surface area contributed by atoms with Gasteiger partial charge in [-0.25, -0.2) is 4.98 Å². The number of hydrogen-bond acceptors (Lipinski definition) is 7. The van der Waals surface area contributed by atoms with Crippen molar-refractivity contribution in [1.29, 1.82) is 0 Å². The Morgan fingerprint density at radius 3 is 2.86 bits per heavy atom. The maximum absolute atomic E-state index is 13.7. The topological polar surface area (TPSA) is 91.6 Å². The third-order valence-corrected chi connectivity index (χ3v) is 8.28. The summed E-state index contributed by atoms with van der Waals surface area (Å²) in [6, 6.07) is 15.7. The highest BCUT2D eigenvalue weighted by Gasteiger charge is 2.23. The van der Waals surface area contributed by atoms with Gasteiger partial charge in [0.2, 0.25) is 5.43 Å². The zero-order valence-corrected chi connectivity index (χ0v) is 21.4. The fourth-order valence-corrected chi connectivity index (χ4v) is 6.27. The molecule has 8 nitrogen and oxygen atoms in total. The van der Waals surface area contributed by atoms with E-state index in [-0.39, 0.29) is 17.5 Å². The van der Waals surface area contributed by atoms with Gasteiger partial charge < -0.3 is 15.5 Å². The van der Waals surface area contributed by atoms with Gasteiger partial charge in [0.05, 0.1) is 15.6 Å². The minimum Gasteiger partial charge on any atom is -0.368 e. The number of nitrogens with one attached hydrogen (secondary N) is 2. The van der Waals surface area contributed by atoms with Crippen LogP contribution < -0.4 is 16.1 Å². The number of rotatable bonds is 6. The molecule has 1 amide bonds. The minimum absolute atomic E-state index is 0.143. The van der Waals surface area contributed by atoms with Gasteiger partial charge in [-0.3, -0.25) is 19.0 Å². The molecule has 2 N–H and O–H groups in total. The lowest BCUT2D eigenvalue weighted by molar-refractivity contribution is 0.0951. The molecule has 1 atom stereocenters.